The number of nitrogens with zero attached hydrogens (tertiary/aromatic N) is 1. The Morgan fingerprint density at radius 2 is 1.89 bits per heavy atom. The number of nitrogens with one attached hydrogen (secondary N) is 2. The van der Waals surface area contributed by atoms with Crippen molar-refractivity contribution < 1.29 is 9.47 Å². The van der Waals surface area contributed by atoms with Crippen LogP contribution < -0.4 is 20.2 Å². The molecule has 0 aliphatic rings. The topological polar surface area (TPSA) is 54.9 Å². The van der Waals surface area contributed by atoms with Gasteiger partial charge in [0.2, 0.25) is 0 Å². The first kappa shape index (κ1) is 20.7. The molecule has 2 aromatic carbocycles. The Morgan fingerprint density at radius 3 is 2.63 bits per heavy atom. The summed E-state index contributed by atoms with van der Waals surface area (Å²) in [5.41, 5.74) is 4.60. The molecule has 0 saturated carbocycles. The number of thiocarbonyl (C=S) groups is 1. The zero-order valence-corrected chi connectivity index (χ0v) is 16.7. The Hall–Kier alpha value is -2.60. The second kappa shape index (κ2) is 11.9. The van der Waals surface area contributed by atoms with Crippen LogP contribution >= 0.6 is 12.2 Å². The normalized spacial score (nSPS) is 10.6. The SMILES string of the molecule is CCCCCCOc1ccc(/C=N\NC(=S)Nc2ccccc2)cc1OC. The maximum Gasteiger partial charge on any atom is 0.191 e. The van der Waals surface area contributed by atoms with Crippen molar-refractivity contribution >= 4 is 29.2 Å². The summed E-state index contributed by atoms with van der Waals surface area (Å²) in [6.07, 6.45) is 6.38. The van der Waals surface area contributed by atoms with Gasteiger partial charge in [-0.2, -0.15) is 5.10 Å². The molecule has 0 heterocycles. The van der Waals surface area contributed by atoms with E-state index < -0.39 is 0 Å². The first-order valence-electron chi connectivity index (χ1n) is 9.19. The number of rotatable bonds is 10. The summed E-state index contributed by atoms with van der Waals surface area (Å²) >= 11 is 5.22. The number of hydrogen-bond acceptors (Lipinski definition) is 4. The van der Waals surface area contributed by atoms with Crippen molar-refractivity contribution in [1.82, 2.24) is 5.43 Å². The third kappa shape index (κ3) is 7.66. The average molecular weight is 386 g/mol. The predicted octanol–water partition coefficient (Wildman–Crippen LogP) is 4.97. The van der Waals surface area contributed by atoms with Gasteiger partial charge in [0.05, 0.1) is 19.9 Å². The lowest BCUT2D eigenvalue weighted by Crippen LogP contribution is -2.23. The standard InChI is InChI=1S/C21H27N3O2S/c1-3-4-5-9-14-26-19-13-12-17(15-20(19)25-2)16-22-24-21(27)23-18-10-7-6-8-11-18/h6-8,10-13,15-16H,3-5,9,14H2,1-2H3,(H2,23,24,27)/b22-16-. The number of ether oxygens (including phenoxy) is 2. The minimum absolute atomic E-state index is 0.427. The van der Waals surface area contributed by atoms with Crippen LogP contribution in [0.4, 0.5) is 5.69 Å². The molecule has 0 unspecified atom stereocenters. The van der Waals surface area contributed by atoms with Crippen molar-refractivity contribution in [2.45, 2.75) is 32.6 Å². The first-order valence-corrected chi connectivity index (χ1v) is 9.59. The fourth-order valence-electron chi connectivity index (χ4n) is 2.44. The molecule has 2 rings (SSSR count). The molecule has 144 valence electrons. The number of para-hydroxylation sites is 1. The van der Waals surface area contributed by atoms with E-state index in [1.807, 2.05) is 48.5 Å². The van der Waals surface area contributed by atoms with E-state index in [4.69, 9.17) is 21.7 Å². The van der Waals surface area contributed by atoms with E-state index in [0.717, 1.165) is 23.4 Å². The molecule has 0 spiro atoms. The van der Waals surface area contributed by atoms with Crippen LogP contribution in [0.25, 0.3) is 0 Å². The van der Waals surface area contributed by atoms with E-state index in [9.17, 15) is 0 Å². The number of methoxy groups -OCH3 is 1. The fourth-order valence-corrected chi connectivity index (χ4v) is 2.61. The molecule has 27 heavy (non-hydrogen) atoms. The smallest absolute Gasteiger partial charge is 0.191 e. The van der Waals surface area contributed by atoms with Gasteiger partial charge in [-0.3, -0.25) is 5.43 Å². The molecule has 2 aromatic rings. The van der Waals surface area contributed by atoms with Crippen LogP contribution in [0.2, 0.25) is 0 Å². The molecular weight excluding hydrogens is 358 g/mol. The van der Waals surface area contributed by atoms with Crippen molar-refractivity contribution in [2.75, 3.05) is 19.0 Å². The molecule has 0 saturated heterocycles. The van der Waals surface area contributed by atoms with Gasteiger partial charge in [0, 0.05) is 5.69 Å². The maximum atomic E-state index is 5.82. The van der Waals surface area contributed by atoms with E-state index in [2.05, 4.69) is 22.8 Å². The summed E-state index contributed by atoms with van der Waals surface area (Å²) in [5, 5.41) is 7.65. The molecule has 6 heteroatoms. The highest BCUT2D eigenvalue weighted by molar-refractivity contribution is 7.80. The highest BCUT2D eigenvalue weighted by Gasteiger charge is 2.05. The van der Waals surface area contributed by atoms with E-state index >= 15 is 0 Å². The van der Waals surface area contributed by atoms with Gasteiger partial charge in [0.1, 0.15) is 0 Å². The highest BCUT2D eigenvalue weighted by atomic mass is 32.1. The van der Waals surface area contributed by atoms with Crippen molar-refractivity contribution in [3.05, 3.63) is 54.1 Å². The molecule has 0 aromatic heterocycles. The number of anilines is 1. The van der Waals surface area contributed by atoms with Crippen molar-refractivity contribution in [1.29, 1.82) is 0 Å². The van der Waals surface area contributed by atoms with Crippen LogP contribution in [0.15, 0.2) is 53.6 Å². The summed E-state index contributed by atoms with van der Waals surface area (Å²) in [7, 11) is 1.64. The maximum absolute atomic E-state index is 5.82. The third-order valence-corrected chi connectivity index (χ3v) is 4.05. The fraction of sp³-hybridized carbons (Fsp3) is 0.333. The van der Waals surface area contributed by atoms with Crippen molar-refractivity contribution in [3.8, 4) is 11.5 Å². The van der Waals surface area contributed by atoms with Crippen molar-refractivity contribution in [2.24, 2.45) is 5.10 Å². The molecule has 0 fully saturated rings. The van der Waals surface area contributed by atoms with Gasteiger partial charge in [-0.05, 0) is 54.5 Å². The van der Waals surface area contributed by atoms with Gasteiger partial charge in [-0.25, -0.2) is 0 Å². The largest absolute Gasteiger partial charge is 0.493 e. The van der Waals surface area contributed by atoms with Gasteiger partial charge in [-0.15, -0.1) is 0 Å². The minimum Gasteiger partial charge on any atom is -0.493 e. The van der Waals surface area contributed by atoms with E-state index in [1.54, 1.807) is 13.3 Å². The van der Waals surface area contributed by atoms with Crippen LogP contribution in [0.3, 0.4) is 0 Å². The van der Waals surface area contributed by atoms with Crippen LogP contribution in [0.5, 0.6) is 11.5 Å². The van der Waals surface area contributed by atoms with Crippen molar-refractivity contribution in [3.63, 3.8) is 0 Å². The molecule has 0 radical (unpaired) electrons. The van der Waals surface area contributed by atoms with Gasteiger partial charge >= 0.3 is 0 Å². The lowest BCUT2D eigenvalue weighted by atomic mass is 10.2. The van der Waals surface area contributed by atoms with E-state index in [1.165, 1.54) is 19.3 Å². The second-order valence-electron chi connectivity index (χ2n) is 6.01. The van der Waals surface area contributed by atoms with Gasteiger partial charge in [-0.1, -0.05) is 44.4 Å². The van der Waals surface area contributed by atoms with Crippen LogP contribution in [0, 0.1) is 0 Å². The average Bonchev–Trinajstić information content (AvgIpc) is 2.69. The van der Waals surface area contributed by atoms with Crippen LogP contribution in [0.1, 0.15) is 38.2 Å². The molecule has 2 N–H and O–H groups in total. The molecule has 0 amide bonds. The zero-order chi connectivity index (χ0) is 19.3. The molecule has 0 aliphatic heterocycles. The Balaban J connectivity index is 1.85. The summed E-state index contributed by atoms with van der Waals surface area (Å²) in [5.74, 6) is 1.44. The van der Waals surface area contributed by atoms with Gasteiger partial charge in [0.25, 0.3) is 0 Å². The Morgan fingerprint density at radius 1 is 1.07 bits per heavy atom. The van der Waals surface area contributed by atoms with E-state index in [0.29, 0.717) is 17.5 Å². The number of unbranched alkanes of at least 4 members (excludes halogenated alkanes) is 3. The summed E-state index contributed by atoms with van der Waals surface area (Å²) < 4.78 is 11.2. The summed E-state index contributed by atoms with van der Waals surface area (Å²) in [6, 6.07) is 15.4. The Kier molecular flexibility index (Phi) is 9.13. The lowest BCUT2D eigenvalue weighted by molar-refractivity contribution is 0.285. The molecule has 0 aliphatic carbocycles. The van der Waals surface area contributed by atoms with Crippen LogP contribution in [-0.2, 0) is 0 Å². The summed E-state index contributed by atoms with van der Waals surface area (Å²) in [6.45, 7) is 2.90. The van der Waals surface area contributed by atoms with Gasteiger partial charge in [0.15, 0.2) is 16.6 Å². The summed E-state index contributed by atoms with van der Waals surface area (Å²) in [4.78, 5) is 0. The first-order chi connectivity index (χ1) is 13.2. The monoisotopic (exact) mass is 385 g/mol. The molecule has 0 bridgehead atoms. The second-order valence-corrected chi connectivity index (χ2v) is 6.42. The Bertz CT molecular complexity index is 735. The zero-order valence-electron chi connectivity index (χ0n) is 15.9. The number of hydrogen-bond donors (Lipinski definition) is 2. The minimum atomic E-state index is 0.427. The predicted molar refractivity (Wildman–Crippen MR) is 116 cm³/mol. The molecule has 0 atom stereocenters. The quantitative estimate of drug-likeness (QED) is 0.262. The van der Waals surface area contributed by atoms with Gasteiger partial charge < -0.3 is 14.8 Å². The van der Waals surface area contributed by atoms with E-state index in [-0.39, 0.29) is 0 Å². The lowest BCUT2D eigenvalue weighted by Gasteiger charge is -2.11. The molecular formula is C21H27N3O2S. The molecule has 5 nitrogen and oxygen atoms in total. The Labute approximate surface area is 166 Å². The highest BCUT2D eigenvalue weighted by Crippen LogP contribution is 2.27. The number of hydrazone groups is 1. The van der Waals surface area contributed by atoms with Crippen LogP contribution in [-0.4, -0.2) is 25.0 Å². The number of benzene rings is 2. The third-order valence-electron chi connectivity index (χ3n) is 3.85.